The molecule has 2 aromatic rings. The molecule has 3 rings (SSSR count). The van der Waals surface area contributed by atoms with Crippen LogP contribution in [-0.4, -0.2) is 28.9 Å². The van der Waals surface area contributed by atoms with Crippen molar-refractivity contribution in [2.24, 2.45) is 5.73 Å². The second kappa shape index (κ2) is 10.4. The second-order valence-corrected chi connectivity index (χ2v) is 6.71. The predicted octanol–water partition coefficient (Wildman–Crippen LogP) is 4.09. The molecule has 0 saturated carbocycles. The smallest absolute Gasteiger partial charge is 0.222 e. The zero-order chi connectivity index (χ0) is 18.1. The third kappa shape index (κ3) is 6.65. The van der Waals surface area contributed by atoms with Crippen LogP contribution in [0.15, 0.2) is 42.7 Å². The largest absolute Gasteiger partial charge is 0.343 e. The van der Waals surface area contributed by atoms with E-state index in [-0.39, 0.29) is 0 Å². The molecule has 0 aliphatic carbocycles. The molecule has 6 heteroatoms. The lowest BCUT2D eigenvalue weighted by atomic mass is 10.1. The molecule has 0 unspecified atom stereocenters. The summed E-state index contributed by atoms with van der Waals surface area (Å²) in [5, 5.41) is 1.13. The van der Waals surface area contributed by atoms with Crippen LogP contribution in [0.1, 0.15) is 30.4 Å². The van der Waals surface area contributed by atoms with Gasteiger partial charge in [-0.1, -0.05) is 29.3 Å². The minimum Gasteiger partial charge on any atom is -0.343 e. The average Bonchev–Trinajstić information content (AvgIpc) is 3.18. The lowest BCUT2D eigenvalue weighted by Gasteiger charge is -2.14. The summed E-state index contributed by atoms with van der Waals surface area (Å²) in [6, 6.07) is 9.30. The van der Waals surface area contributed by atoms with Crippen molar-refractivity contribution in [2.75, 3.05) is 13.1 Å². The van der Waals surface area contributed by atoms with E-state index in [1.165, 1.54) is 18.4 Å². The van der Waals surface area contributed by atoms with Gasteiger partial charge < -0.3 is 10.6 Å². The number of halogens is 2. The number of carbonyl (C=O) groups is 1. The van der Waals surface area contributed by atoms with Crippen molar-refractivity contribution in [2.45, 2.75) is 32.2 Å². The summed E-state index contributed by atoms with van der Waals surface area (Å²) in [5.74, 6) is 0.296. The number of nitrogens with two attached hydrogens (primary N) is 1. The Balaban J connectivity index is 0.000000196. The first-order valence-corrected chi connectivity index (χ1v) is 9.16. The zero-order valence-corrected chi connectivity index (χ0v) is 15.6. The van der Waals surface area contributed by atoms with E-state index in [1.54, 1.807) is 24.5 Å². The highest BCUT2D eigenvalue weighted by Crippen LogP contribution is 2.22. The molecule has 0 spiro atoms. The molecule has 1 saturated heterocycles. The minimum absolute atomic E-state index is 0.296. The van der Waals surface area contributed by atoms with Crippen LogP contribution in [0.25, 0.3) is 0 Å². The zero-order valence-electron chi connectivity index (χ0n) is 14.1. The Morgan fingerprint density at radius 1 is 1.04 bits per heavy atom. The molecule has 1 aliphatic rings. The third-order valence-corrected chi connectivity index (χ3v) is 4.79. The number of rotatable bonds is 4. The maximum atomic E-state index is 11.7. The summed E-state index contributed by atoms with van der Waals surface area (Å²) in [6.07, 6.45) is 7.34. The van der Waals surface area contributed by atoms with E-state index in [9.17, 15) is 4.79 Å². The number of aromatic nitrogens is 1. The highest BCUT2D eigenvalue weighted by atomic mass is 35.5. The van der Waals surface area contributed by atoms with Gasteiger partial charge in [-0.15, -0.1) is 0 Å². The van der Waals surface area contributed by atoms with Crippen molar-refractivity contribution in [1.29, 1.82) is 0 Å². The quantitative estimate of drug-likeness (QED) is 0.869. The van der Waals surface area contributed by atoms with Crippen molar-refractivity contribution in [3.8, 4) is 0 Å². The summed E-state index contributed by atoms with van der Waals surface area (Å²) >= 11 is 11.4. The Morgan fingerprint density at radius 3 is 2.32 bits per heavy atom. The minimum atomic E-state index is 0.296. The number of aryl methyl sites for hydroxylation is 1. The third-order valence-electron chi connectivity index (χ3n) is 4.06. The maximum absolute atomic E-state index is 11.7. The molecule has 1 fully saturated rings. The van der Waals surface area contributed by atoms with Crippen LogP contribution >= 0.6 is 23.2 Å². The van der Waals surface area contributed by atoms with E-state index in [0.29, 0.717) is 28.9 Å². The van der Waals surface area contributed by atoms with E-state index in [2.05, 4.69) is 4.98 Å². The van der Waals surface area contributed by atoms with E-state index in [4.69, 9.17) is 28.9 Å². The number of nitrogens with zero attached hydrogens (tertiary/aromatic N) is 2. The molecule has 0 atom stereocenters. The van der Waals surface area contributed by atoms with Gasteiger partial charge in [-0.3, -0.25) is 9.78 Å². The van der Waals surface area contributed by atoms with Gasteiger partial charge in [-0.2, -0.15) is 0 Å². The lowest BCUT2D eigenvalue weighted by molar-refractivity contribution is -0.130. The van der Waals surface area contributed by atoms with Crippen LogP contribution < -0.4 is 5.73 Å². The molecular weight excluding hydrogens is 357 g/mol. The molecule has 1 aromatic heterocycles. The maximum Gasteiger partial charge on any atom is 0.222 e. The first kappa shape index (κ1) is 19.7. The van der Waals surface area contributed by atoms with Crippen molar-refractivity contribution in [1.82, 2.24) is 9.88 Å². The molecule has 25 heavy (non-hydrogen) atoms. The fourth-order valence-electron chi connectivity index (χ4n) is 2.59. The molecule has 0 bridgehead atoms. The predicted molar refractivity (Wildman–Crippen MR) is 103 cm³/mol. The number of benzene rings is 1. The summed E-state index contributed by atoms with van der Waals surface area (Å²) in [5.41, 5.74) is 7.55. The van der Waals surface area contributed by atoms with Gasteiger partial charge in [-0.25, -0.2) is 0 Å². The number of pyridine rings is 1. The molecule has 4 nitrogen and oxygen atoms in total. The fourth-order valence-corrected chi connectivity index (χ4v) is 2.91. The fraction of sp³-hybridized carbons (Fsp3) is 0.368. The summed E-state index contributed by atoms with van der Waals surface area (Å²) in [7, 11) is 0. The lowest BCUT2D eigenvalue weighted by Crippen LogP contribution is -2.27. The van der Waals surface area contributed by atoms with Gasteiger partial charge in [0.05, 0.1) is 10.0 Å². The van der Waals surface area contributed by atoms with Gasteiger partial charge in [0.1, 0.15) is 0 Å². The van der Waals surface area contributed by atoms with Crippen LogP contribution in [0.4, 0.5) is 0 Å². The number of hydrogen-bond donors (Lipinski definition) is 1. The number of carbonyl (C=O) groups excluding carboxylic acids is 1. The van der Waals surface area contributed by atoms with Gasteiger partial charge in [0, 0.05) is 38.4 Å². The number of amides is 1. The molecule has 1 aromatic carbocycles. The van der Waals surface area contributed by atoms with Crippen LogP contribution in [-0.2, 0) is 17.8 Å². The normalized spacial score (nSPS) is 13.3. The van der Waals surface area contributed by atoms with Gasteiger partial charge in [0.25, 0.3) is 0 Å². The van der Waals surface area contributed by atoms with Crippen molar-refractivity contribution >= 4 is 29.1 Å². The Labute approximate surface area is 158 Å². The molecule has 1 amide bonds. The Hall–Kier alpha value is -1.62. The van der Waals surface area contributed by atoms with Crippen LogP contribution in [0.2, 0.25) is 10.0 Å². The van der Waals surface area contributed by atoms with E-state index in [0.717, 1.165) is 25.1 Å². The first-order chi connectivity index (χ1) is 12.1. The molecule has 1 aliphatic heterocycles. The Morgan fingerprint density at radius 2 is 1.72 bits per heavy atom. The molecular formula is C19H23Cl2N3O. The topological polar surface area (TPSA) is 59.2 Å². The highest BCUT2D eigenvalue weighted by Gasteiger charge is 2.17. The molecule has 0 radical (unpaired) electrons. The molecule has 2 N–H and O–H groups in total. The van der Waals surface area contributed by atoms with E-state index < -0.39 is 0 Å². The van der Waals surface area contributed by atoms with Gasteiger partial charge in [0.15, 0.2) is 0 Å². The summed E-state index contributed by atoms with van der Waals surface area (Å²) < 4.78 is 0. The number of hydrogen-bond acceptors (Lipinski definition) is 3. The second-order valence-electron chi connectivity index (χ2n) is 5.90. The Kier molecular flexibility index (Phi) is 8.19. The highest BCUT2D eigenvalue weighted by molar-refractivity contribution is 6.42. The monoisotopic (exact) mass is 379 g/mol. The van der Waals surface area contributed by atoms with Gasteiger partial charge in [-0.05, 0) is 54.7 Å². The van der Waals surface area contributed by atoms with Gasteiger partial charge in [0.2, 0.25) is 5.91 Å². The van der Waals surface area contributed by atoms with Crippen LogP contribution in [0.5, 0.6) is 0 Å². The molecule has 134 valence electrons. The van der Waals surface area contributed by atoms with Crippen molar-refractivity contribution in [3.63, 3.8) is 0 Å². The Bertz CT molecular complexity index is 674. The summed E-state index contributed by atoms with van der Waals surface area (Å²) in [4.78, 5) is 17.7. The van der Waals surface area contributed by atoms with E-state index in [1.807, 2.05) is 23.1 Å². The van der Waals surface area contributed by atoms with Crippen molar-refractivity contribution < 1.29 is 4.79 Å². The SMILES string of the molecule is NCc1ccc(Cl)c(Cl)c1.O=C(CCc1ccncc1)N1CCCC1. The van der Waals surface area contributed by atoms with Crippen LogP contribution in [0.3, 0.4) is 0 Å². The summed E-state index contributed by atoms with van der Waals surface area (Å²) in [6.45, 7) is 2.40. The van der Waals surface area contributed by atoms with Gasteiger partial charge >= 0.3 is 0 Å². The molecule has 2 heterocycles. The first-order valence-electron chi connectivity index (χ1n) is 8.41. The van der Waals surface area contributed by atoms with E-state index >= 15 is 0 Å². The van der Waals surface area contributed by atoms with Crippen molar-refractivity contribution in [3.05, 3.63) is 63.9 Å². The average molecular weight is 380 g/mol. The standard InChI is InChI=1S/C12H16N2O.C7H7Cl2N/c15-12(14-9-1-2-10-14)4-3-11-5-7-13-8-6-11;8-6-2-1-5(4-10)3-7(6)9/h5-8H,1-4,9-10H2;1-3H,4,10H2. The number of likely N-dealkylation sites (tertiary alicyclic amines) is 1. The van der Waals surface area contributed by atoms with Crippen LogP contribution in [0, 0.1) is 0 Å².